The molecule has 0 spiro atoms. The molecule has 0 saturated carbocycles. The Morgan fingerprint density at radius 3 is 2.82 bits per heavy atom. The zero-order valence-corrected chi connectivity index (χ0v) is 18.1. The molecule has 0 atom stereocenters. The molecule has 34 heavy (non-hydrogen) atoms. The highest BCUT2D eigenvalue weighted by Crippen LogP contribution is 2.30. The van der Waals surface area contributed by atoms with Crippen molar-refractivity contribution in [2.45, 2.75) is 25.8 Å². The van der Waals surface area contributed by atoms with Crippen LogP contribution in [-0.4, -0.2) is 25.3 Å². The lowest BCUT2D eigenvalue weighted by atomic mass is 10.1. The Hall–Kier alpha value is -4.20. The number of nitrogens with one attached hydrogen (secondary N) is 1. The summed E-state index contributed by atoms with van der Waals surface area (Å²) in [4.78, 5) is 37.6. The molecule has 1 aliphatic rings. The summed E-state index contributed by atoms with van der Waals surface area (Å²) in [5.74, 6) is -1.59. The Balaban J connectivity index is 1.27. The zero-order valence-electron chi connectivity index (χ0n) is 18.1. The van der Waals surface area contributed by atoms with Crippen molar-refractivity contribution in [1.29, 1.82) is 0 Å². The van der Waals surface area contributed by atoms with Gasteiger partial charge in [0.05, 0.1) is 29.7 Å². The minimum absolute atomic E-state index is 0.0319. The number of pyridine rings is 2. The van der Waals surface area contributed by atoms with Crippen LogP contribution in [0.5, 0.6) is 0 Å². The predicted octanol–water partition coefficient (Wildman–Crippen LogP) is 4.10. The fraction of sp³-hybridized carbons (Fsp3) is 0.154. The largest absolute Gasteiger partial charge is 0.342 e. The molecule has 5 rings (SSSR count). The Morgan fingerprint density at radius 1 is 1.09 bits per heavy atom. The first kappa shape index (κ1) is 21.6. The van der Waals surface area contributed by atoms with Gasteiger partial charge in [-0.3, -0.25) is 14.6 Å². The first-order valence-corrected chi connectivity index (χ1v) is 10.8. The Bertz CT molecular complexity index is 1490. The third-order valence-electron chi connectivity index (χ3n) is 5.84. The molecule has 0 radical (unpaired) electrons. The molecule has 0 unspecified atom stereocenters. The normalized spacial score (nSPS) is 12.5. The highest BCUT2D eigenvalue weighted by molar-refractivity contribution is 5.95. The third-order valence-corrected chi connectivity index (χ3v) is 5.84. The summed E-state index contributed by atoms with van der Waals surface area (Å²) in [5.41, 5.74) is 3.99. The van der Waals surface area contributed by atoms with Crippen LogP contribution in [0.3, 0.4) is 0 Å². The summed E-state index contributed by atoms with van der Waals surface area (Å²) in [6.45, 7) is 0.0319. The molecule has 8 heteroatoms. The first-order valence-electron chi connectivity index (χ1n) is 10.8. The van der Waals surface area contributed by atoms with Crippen LogP contribution in [0, 0.1) is 11.6 Å². The van der Waals surface area contributed by atoms with Gasteiger partial charge in [0.2, 0.25) is 0 Å². The number of aryl methyl sites for hydroxylation is 1. The lowest BCUT2D eigenvalue weighted by molar-refractivity contribution is 0.0980. The molecule has 1 N–H and O–H groups in total. The van der Waals surface area contributed by atoms with E-state index in [0.717, 1.165) is 41.1 Å². The highest BCUT2D eigenvalue weighted by Gasteiger charge is 2.19. The topological polar surface area (TPSA) is 80.6 Å². The van der Waals surface area contributed by atoms with Crippen LogP contribution in [0.25, 0.3) is 5.57 Å². The summed E-state index contributed by atoms with van der Waals surface area (Å²) < 4.78 is 28.0. The lowest BCUT2D eigenvalue weighted by Gasteiger charge is -2.08. The summed E-state index contributed by atoms with van der Waals surface area (Å²) in [5, 5.41) is 0. The quantitative estimate of drug-likeness (QED) is 0.423. The van der Waals surface area contributed by atoms with Crippen molar-refractivity contribution in [1.82, 2.24) is 19.5 Å². The number of H-pyrrole nitrogens is 1. The van der Waals surface area contributed by atoms with Crippen LogP contribution in [0.4, 0.5) is 8.78 Å². The van der Waals surface area contributed by atoms with Gasteiger partial charge in [0.25, 0.3) is 5.56 Å². The number of hydrogen-bond acceptors (Lipinski definition) is 4. The molecule has 0 aliphatic heterocycles. The van der Waals surface area contributed by atoms with Gasteiger partial charge in [-0.2, -0.15) is 0 Å². The number of halogens is 2. The first-order chi connectivity index (χ1) is 16.5. The van der Waals surface area contributed by atoms with Gasteiger partial charge < -0.3 is 9.55 Å². The monoisotopic (exact) mass is 458 g/mol. The Labute approximate surface area is 193 Å². The van der Waals surface area contributed by atoms with Crippen molar-refractivity contribution in [3.63, 3.8) is 0 Å². The fourth-order valence-electron chi connectivity index (χ4n) is 4.11. The van der Waals surface area contributed by atoms with E-state index in [9.17, 15) is 18.4 Å². The van der Waals surface area contributed by atoms with Gasteiger partial charge in [0.15, 0.2) is 17.4 Å². The van der Waals surface area contributed by atoms with Crippen LogP contribution in [0.15, 0.2) is 71.9 Å². The van der Waals surface area contributed by atoms with Gasteiger partial charge in [0.1, 0.15) is 5.82 Å². The predicted molar refractivity (Wildman–Crippen MR) is 122 cm³/mol. The molecule has 1 aliphatic carbocycles. The number of carbonyl (C=O) groups excluding carboxylic acids is 1. The SMILES string of the molecule is O=C(CCc1ncc(C2=CCc3ncccc32)[nH]1)c1cccn(Cc2ccc(F)c(F)c2)c1=O. The lowest BCUT2D eigenvalue weighted by Crippen LogP contribution is -2.26. The molecule has 0 bridgehead atoms. The maximum Gasteiger partial charge on any atom is 0.261 e. The van der Waals surface area contributed by atoms with E-state index in [1.807, 2.05) is 12.1 Å². The van der Waals surface area contributed by atoms with E-state index in [-0.39, 0.29) is 24.3 Å². The van der Waals surface area contributed by atoms with Crippen LogP contribution < -0.4 is 5.56 Å². The molecule has 6 nitrogen and oxygen atoms in total. The van der Waals surface area contributed by atoms with Crippen molar-refractivity contribution in [3.05, 3.63) is 123 Å². The van der Waals surface area contributed by atoms with Crippen molar-refractivity contribution < 1.29 is 13.6 Å². The average Bonchev–Trinajstić information content (AvgIpc) is 3.48. The van der Waals surface area contributed by atoms with E-state index in [2.05, 4.69) is 21.0 Å². The van der Waals surface area contributed by atoms with E-state index in [1.165, 1.54) is 22.9 Å². The number of benzene rings is 1. The zero-order chi connectivity index (χ0) is 23.7. The van der Waals surface area contributed by atoms with Crippen molar-refractivity contribution in [3.8, 4) is 0 Å². The number of nitrogens with zero attached hydrogens (tertiary/aromatic N) is 3. The minimum Gasteiger partial charge on any atom is -0.342 e. The van der Waals surface area contributed by atoms with Crippen LogP contribution in [0.2, 0.25) is 0 Å². The number of aromatic amines is 1. The van der Waals surface area contributed by atoms with Gasteiger partial charge >= 0.3 is 0 Å². The molecular weight excluding hydrogens is 438 g/mol. The molecule has 0 amide bonds. The second-order valence-electron chi connectivity index (χ2n) is 8.09. The summed E-state index contributed by atoms with van der Waals surface area (Å²) in [6.07, 6.45) is 8.35. The number of allylic oxidation sites excluding steroid dienone is 1. The van der Waals surface area contributed by atoms with E-state index in [1.54, 1.807) is 18.5 Å². The van der Waals surface area contributed by atoms with E-state index >= 15 is 0 Å². The smallest absolute Gasteiger partial charge is 0.261 e. The van der Waals surface area contributed by atoms with E-state index in [0.29, 0.717) is 17.8 Å². The van der Waals surface area contributed by atoms with Gasteiger partial charge in [0, 0.05) is 42.8 Å². The number of Topliss-reactive ketones (excluding diaryl/α,β-unsaturated/α-hetero) is 1. The Morgan fingerprint density at radius 2 is 1.97 bits per heavy atom. The van der Waals surface area contributed by atoms with Gasteiger partial charge in [-0.1, -0.05) is 18.2 Å². The molecule has 3 aromatic heterocycles. The van der Waals surface area contributed by atoms with E-state index in [4.69, 9.17) is 0 Å². The van der Waals surface area contributed by atoms with Gasteiger partial charge in [-0.15, -0.1) is 0 Å². The van der Waals surface area contributed by atoms with Crippen LogP contribution in [0.1, 0.15) is 45.1 Å². The van der Waals surface area contributed by atoms with Crippen LogP contribution >= 0.6 is 0 Å². The van der Waals surface area contributed by atoms with Crippen LogP contribution in [-0.2, 0) is 19.4 Å². The van der Waals surface area contributed by atoms with Gasteiger partial charge in [-0.25, -0.2) is 13.8 Å². The van der Waals surface area contributed by atoms with Crippen molar-refractivity contribution in [2.24, 2.45) is 0 Å². The van der Waals surface area contributed by atoms with Crippen molar-refractivity contribution >= 4 is 11.4 Å². The maximum absolute atomic E-state index is 13.5. The molecule has 0 fully saturated rings. The number of aromatic nitrogens is 4. The molecule has 3 heterocycles. The second kappa shape index (κ2) is 8.97. The number of carbonyl (C=O) groups is 1. The Kier molecular flexibility index (Phi) is 5.71. The molecule has 1 aromatic carbocycles. The molecule has 0 saturated heterocycles. The average molecular weight is 458 g/mol. The number of fused-ring (bicyclic) bond motifs is 1. The molecule has 4 aromatic rings. The summed E-state index contributed by atoms with van der Waals surface area (Å²) >= 11 is 0. The number of imidazole rings is 1. The minimum atomic E-state index is -0.983. The molecular formula is C26H20F2N4O2. The van der Waals surface area contributed by atoms with E-state index < -0.39 is 17.2 Å². The second-order valence-corrected chi connectivity index (χ2v) is 8.09. The van der Waals surface area contributed by atoms with Gasteiger partial charge in [-0.05, 0) is 35.9 Å². The fourth-order valence-corrected chi connectivity index (χ4v) is 4.11. The summed E-state index contributed by atoms with van der Waals surface area (Å²) in [6, 6.07) is 10.4. The molecule has 170 valence electrons. The number of rotatable bonds is 7. The third kappa shape index (κ3) is 4.22. The number of hydrogen-bond donors (Lipinski definition) is 1. The standard InChI is InChI=1S/C26H20F2N4O2/c27-20-7-5-16(13-21(20)28)15-32-12-2-4-19(26(32)34)24(33)9-10-25-30-14-23(31-25)18-6-8-22-17(18)3-1-11-29-22/h1-7,11-14H,8-10,15H2,(H,30,31). The number of ketones is 1. The van der Waals surface area contributed by atoms with Crippen molar-refractivity contribution in [2.75, 3.05) is 0 Å². The maximum atomic E-state index is 13.5. The summed E-state index contributed by atoms with van der Waals surface area (Å²) in [7, 11) is 0. The highest BCUT2D eigenvalue weighted by atomic mass is 19.2.